The molecular weight excluding hydrogens is 451 g/mol. The molecule has 1 aliphatic heterocycles. The molecule has 1 aromatic heterocycles. The van der Waals surface area contributed by atoms with Gasteiger partial charge in [0.15, 0.2) is 5.78 Å². The summed E-state index contributed by atoms with van der Waals surface area (Å²) in [7, 11) is 0. The number of anilines is 2. The largest absolute Gasteiger partial charge is 0.478 e. The van der Waals surface area contributed by atoms with E-state index in [2.05, 4.69) is 15.7 Å². The van der Waals surface area contributed by atoms with Crippen molar-refractivity contribution in [3.8, 4) is 0 Å². The number of nitrogens with zero attached hydrogens (tertiary/aromatic N) is 2. The fraction of sp³-hybridized carbons (Fsp3) is 0.231. The Bertz CT molecular complexity index is 1390. The van der Waals surface area contributed by atoms with E-state index in [-0.39, 0.29) is 22.3 Å². The number of allylic oxidation sites excluding steroid dienone is 2. The second-order valence-electron chi connectivity index (χ2n) is 9.60. The van der Waals surface area contributed by atoms with Crippen LogP contribution in [0.2, 0.25) is 0 Å². The number of fused-ring (bicyclic) bond motifs is 1. The van der Waals surface area contributed by atoms with Gasteiger partial charge in [-0.1, -0.05) is 26.0 Å². The molecule has 178 valence electrons. The Morgan fingerprint density at radius 2 is 1.80 bits per heavy atom. The summed E-state index contributed by atoms with van der Waals surface area (Å²) in [6.07, 6.45) is 2.39. The molecular formula is C26H23FN4O4. The van der Waals surface area contributed by atoms with E-state index in [0.29, 0.717) is 35.5 Å². The van der Waals surface area contributed by atoms with Crippen molar-refractivity contribution in [2.24, 2.45) is 5.41 Å². The Balaban J connectivity index is 1.58. The Morgan fingerprint density at radius 1 is 1.11 bits per heavy atom. The molecule has 35 heavy (non-hydrogen) atoms. The van der Waals surface area contributed by atoms with E-state index in [9.17, 15) is 23.9 Å². The topological polar surface area (TPSA) is 113 Å². The number of carbonyl (C=O) groups is 3. The van der Waals surface area contributed by atoms with Crippen molar-refractivity contribution in [3.63, 3.8) is 0 Å². The van der Waals surface area contributed by atoms with Crippen molar-refractivity contribution in [1.82, 2.24) is 9.78 Å². The molecule has 3 aromatic rings. The molecule has 1 atom stereocenters. The lowest BCUT2D eigenvalue weighted by atomic mass is 9.73. The third-order valence-corrected chi connectivity index (χ3v) is 6.32. The smallest absolute Gasteiger partial charge is 0.335 e. The van der Waals surface area contributed by atoms with Gasteiger partial charge < -0.3 is 15.7 Å². The number of Topliss-reactive ketones (excluding diaryl/α,β-unsaturated/α-hetero) is 1. The van der Waals surface area contributed by atoms with E-state index in [1.54, 1.807) is 16.8 Å². The quantitative estimate of drug-likeness (QED) is 0.508. The second kappa shape index (κ2) is 8.19. The summed E-state index contributed by atoms with van der Waals surface area (Å²) in [5.74, 6) is -1.48. The number of aromatic carboxylic acids is 1. The van der Waals surface area contributed by atoms with Crippen LogP contribution in [0.15, 0.2) is 66.0 Å². The first kappa shape index (κ1) is 22.5. The summed E-state index contributed by atoms with van der Waals surface area (Å²) in [4.78, 5) is 37.7. The maximum Gasteiger partial charge on any atom is 0.335 e. The number of amides is 1. The Hall–Kier alpha value is -4.27. The first-order chi connectivity index (χ1) is 16.6. The van der Waals surface area contributed by atoms with Crippen LogP contribution in [0, 0.1) is 11.2 Å². The van der Waals surface area contributed by atoms with Crippen LogP contribution in [0.25, 0.3) is 0 Å². The van der Waals surface area contributed by atoms with E-state index in [4.69, 9.17) is 0 Å². The Morgan fingerprint density at radius 3 is 2.46 bits per heavy atom. The van der Waals surface area contributed by atoms with Gasteiger partial charge in [0.25, 0.3) is 5.91 Å². The molecule has 3 N–H and O–H groups in total. The molecule has 0 fully saturated rings. The van der Waals surface area contributed by atoms with Gasteiger partial charge >= 0.3 is 5.97 Å². The maximum atomic E-state index is 13.3. The predicted octanol–water partition coefficient (Wildman–Crippen LogP) is 4.63. The van der Waals surface area contributed by atoms with Crippen molar-refractivity contribution in [3.05, 3.63) is 88.5 Å². The average molecular weight is 474 g/mol. The van der Waals surface area contributed by atoms with Crippen LogP contribution in [0.3, 0.4) is 0 Å². The highest BCUT2D eigenvalue weighted by Gasteiger charge is 2.42. The van der Waals surface area contributed by atoms with Crippen LogP contribution in [0.1, 0.15) is 59.0 Å². The Kier molecular flexibility index (Phi) is 5.27. The van der Waals surface area contributed by atoms with Gasteiger partial charge in [-0.3, -0.25) is 9.59 Å². The molecule has 0 unspecified atom stereocenters. The van der Waals surface area contributed by atoms with Crippen molar-refractivity contribution >= 4 is 29.2 Å². The summed E-state index contributed by atoms with van der Waals surface area (Å²) < 4.78 is 14.8. The third-order valence-electron chi connectivity index (χ3n) is 6.32. The van der Waals surface area contributed by atoms with Gasteiger partial charge in [0.1, 0.15) is 23.2 Å². The molecule has 5 rings (SSSR count). The molecule has 1 aliphatic carbocycles. The normalized spacial score (nSPS) is 18.4. The number of hydrogen-bond acceptors (Lipinski definition) is 5. The summed E-state index contributed by atoms with van der Waals surface area (Å²) in [6, 6.07) is 11.1. The SMILES string of the molecule is CC1(C)CC(=O)C2=C(C1)Nc1c(C(=O)Nc3ccc(F)cc3)cnn1[C@@H]2c1ccc(C(=O)O)cc1. The van der Waals surface area contributed by atoms with E-state index >= 15 is 0 Å². The average Bonchev–Trinajstić information content (AvgIpc) is 3.22. The van der Waals surface area contributed by atoms with Gasteiger partial charge in [-0.05, 0) is 53.8 Å². The number of carboxylic acids is 1. The highest BCUT2D eigenvalue weighted by Crippen LogP contribution is 2.46. The number of benzene rings is 2. The van der Waals surface area contributed by atoms with Crippen molar-refractivity contribution < 1.29 is 23.9 Å². The molecule has 2 heterocycles. The molecule has 0 spiro atoms. The van der Waals surface area contributed by atoms with E-state index in [1.165, 1.54) is 42.6 Å². The maximum absolute atomic E-state index is 13.3. The van der Waals surface area contributed by atoms with Gasteiger partial charge in [-0.2, -0.15) is 5.10 Å². The molecule has 9 heteroatoms. The molecule has 2 aliphatic rings. The van der Waals surface area contributed by atoms with Crippen LogP contribution >= 0.6 is 0 Å². The molecule has 8 nitrogen and oxygen atoms in total. The minimum absolute atomic E-state index is 0.0190. The minimum Gasteiger partial charge on any atom is -0.478 e. The Labute approximate surface area is 200 Å². The van der Waals surface area contributed by atoms with E-state index in [0.717, 1.165) is 5.70 Å². The predicted molar refractivity (Wildman–Crippen MR) is 127 cm³/mol. The number of ketones is 1. The van der Waals surface area contributed by atoms with Crippen LogP contribution in [0.5, 0.6) is 0 Å². The van der Waals surface area contributed by atoms with Crippen LogP contribution in [-0.2, 0) is 4.79 Å². The lowest BCUT2D eigenvalue weighted by Crippen LogP contribution is -2.37. The fourth-order valence-electron chi connectivity index (χ4n) is 4.72. The van der Waals surface area contributed by atoms with Crippen molar-refractivity contribution in [1.29, 1.82) is 0 Å². The minimum atomic E-state index is -1.04. The number of carboxylic acid groups (broad SMARTS) is 1. The number of aromatic nitrogens is 2. The van der Waals surface area contributed by atoms with Crippen molar-refractivity contribution in [2.45, 2.75) is 32.7 Å². The lowest BCUT2D eigenvalue weighted by Gasteiger charge is -2.39. The van der Waals surface area contributed by atoms with E-state index in [1.807, 2.05) is 13.8 Å². The first-order valence-corrected chi connectivity index (χ1v) is 11.1. The summed E-state index contributed by atoms with van der Waals surface area (Å²) in [6.45, 7) is 4.03. The number of carbonyl (C=O) groups excluding carboxylic acids is 2. The monoisotopic (exact) mass is 474 g/mol. The number of rotatable bonds is 4. The zero-order chi connectivity index (χ0) is 24.9. The summed E-state index contributed by atoms with van der Waals surface area (Å²) >= 11 is 0. The standard InChI is InChI=1S/C26H23FN4O4/c1-26(2)11-19-21(20(32)12-26)22(14-3-5-15(6-4-14)25(34)35)31-23(30-19)18(13-28-31)24(33)29-17-9-7-16(27)8-10-17/h3-10,13,22,30H,11-12H2,1-2H3,(H,29,33)(H,34,35)/t22-/m1/s1. The zero-order valence-electron chi connectivity index (χ0n) is 19.1. The van der Waals surface area contributed by atoms with Crippen LogP contribution in [-0.4, -0.2) is 32.5 Å². The molecule has 0 saturated carbocycles. The van der Waals surface area contributed by atoms with Gasteiger partial charge in [-0.25, -0.2) is 13.9 Å². The van der Waals surface area contributed by atoms with E-state index < -0.39 is 23.7 Å². The highest BCUT2D eigenvalue weighted by molar-refractivity contribution is 6.08. The van der Waals surface area contributed by atoms with Gasteiger partial charge in [0, 0.05) is 23.4 Å². The van der Waals surface area contributed by atoms with Crippen molar-refractivity contribution in [2.75, 3.05) is 10.6 Å². The van der Waals surface area contributed by atoms with Crippen LogP contribution in [0.4, 0.5) is 15.9 Å². The van der Waals surface area contributed by atoms with Gasteiger partial charge in [-0.15, -0.1) is 0 Å². The highest BCUT2D eigenvalue weighted by atomic mass is 19.1. The third kappa shape index (κ3) is 4.09. The zero-order valence-corrected chi connectivity index (χ0v) is 19.1. The molecule has 0 saturated heterocycles. The molecule has 0 radical (unpaired) electrons. The lowest BCUT2D eigenvalue weighted by molar-refractivity contribution is -0.118. The van der Waals surface area contributed by atoms with Gasteiger partial charge in [0.05, 0.1) is 11.8 Å². The molecule has 2 aromatic carbocycles. The second-order valence-corrected chi connectivity index (χ2v) is 9.60. The summed E-state index contributed by atoms with van der Waals surface area (Å²) in [5.41, 5.74) is 2.54. The number of hydrogen-bond donors (Lipinski definition) is 3. The fourth-order valence-corrected chi connectivity index (χ4v) is 4.72. The first-order valence-electron chi connectivity index (χ1n) is 11.1. The number of halogens is 1. The van der Waals surface area contributed by atoms with Gasteiger partial charge in [0.2, 0.25) is 0 Å². The molecule has 0 bridgehead atoms. The summed E-state index contributed by atoms with van der Waals surface area (Å²) in [5, 5.41) is 19.7. The van der Waals surface area contributed by atoms with Crippen LogP contribution < -0.4 is 10.6 Å². The number of nitrogens with one attached hydrogen (secondary N) is 2. The molecule has 1 amide bonds.